The van der Waals surface area contributed by atoms with Gasteiger partial charge in [0.05, 0.1) is 18.6 Å². The molecule has 0 aliphatic carbocycles. The van der Waals surface area contributed by atoms with Crippen LogP contribution >= 0.6 is 0 Å². The van der Waals surface area contributed by atoms with Crippen molar-refractivity contribution >= 4 is 23.7 Å². The van der Waals surface area contributed by atoms with Crippen molar-refractivity contribution in [1.29, 1.82) is 0 Å². The van der Waals surface area contributed by atoms with Crippen LogP contribution in [0.3, 0.4) is 0 Å². The van der Waals surface area contributed by atoms with E-state index in [1.807, 2.05) is 0 Å². The summed E-state index contributed by atoms with van der Waals surface area (Å²) in [5.41, 5.74) is 0.465. The fourth-order valence-corrected chi connectivity index (χ4v) is 3.54. The summed E-state index contributed by atoms with van der Waals surface area (Å²) in [5, 5.41) is 36.7. The standard InChI is InChI=1S/C22H29F2N3O8/c1-12(28)27-17-14(23)10-22(24,21(33)34)35-19(17)18(31)15(29)11-26-16(30)8-5-9-25-20(32)13-6-3-2-4-7-13/h2-4,6-7,14-15,17-19,29,31H,5,8-11H2,1H3,(H,25,32)(H,26,30)(H,27,28)(H,33,34)/t14-,15+,17+,18+,19+,22+/m0/s1. The van der Waals surface area contributed by atoms with E-state index >= 15 is 0 Å². The number of carbonyl (C=O) groups is 4. The average molecular weight is 501 g/mol. The van der Waals surface area contributed by atoms with Gasteiger partial charge in [0.2, 0.25) is 11.8 Å². The number of alkyl halides is 2. The zero-order valence-electron chi connectivity index (χ0n) is 18.9. The Kier molecular flexibility index (Phi) is 10.0. The molecule has 13 heteroatoms. The monoisotopic (exact) mass is 501 g/mol. The van der Waals surface area contributed by atoms with Crippen molar-refractivity contribution in [2.75, 3.05) is 13.1 Å². The maximum atomic E-state index is 14.5. The van der Waals surface area contributed by atoms with Gasteiger partial charge in [-0.2, -0.15) is 4.39 Å². The van der Waals surface area contributed by atoms with Crippen molar-refractivity contribution < 1.29 is 48.0 Å². The predicted molar refractivity (Wildman–Crippen MR) is 116 cm³/mol. The largest absolute Gasteiger partial charge is 0.477 e. The van der Waals surface area contributed by atoms with Crippen molar-refractivity contribution in [3.8, 4) is 0 Å². The first kappa shape index (κ1) is 28.1. The lowest BCUT2D eigenvalue weighted by Gasteiger charge is -2.42. The number of ether oxygens (including phenoxy) is 1. The van der Waals surface area contributed by atoms with E-state index in [0.717, 1.165) is 6.92 Å². The van der Waals surface area contributed by atoms with Gasteiger partial charge in [-0.25, -0.2) is 9.18 Å². The molecule has 1 saturated heterocycles. The number of hydrogen-bond donors (Lipinski definition) is 6. The number of benzene rings is 1. The lowest BCUT2D eigenvalue weighted by atomic mass is 9.90. The summed E-state index contributed by atoms with van der Waals surface area (Å²) in [6.07, 6.45) is -9.04. The summed E-state index contributed by atoms with van der Waals surface area (Å²) in [5.74, 6) is -7.19. The molecule has 2 rings (SSSR count). The van der Waals surface area contributed by atoms with Gasteiger partial charge in [0.1, 0.15) is 18.4 Å². The number of halogens is 2. The third-order valence-corrected chi connectivity index (χ3v) is 5.35. The number of carboxylic acids is 1. The molecule has 1 heterocycles. The highest BCUT2D eigenvalue weighted by Crippen LogP contribution is 2.34. The molecule has 0 aromatic heterocycles. The summed E-state index contributed by atoms with van der Waals surface area (Å²) in [6.45, 7) is 0.683. The van der Waals surface area contributed by atoms with E-state index in [1.54, 1.807) is 30.3 Å². The first-order chi connectivity index (χ1) is 16.4. The highest BCUT2D eigenvalue weighted by molar-refractivity contribution is 5.94. The van der Waals surface area contributed by atoms with Gasteiger partial charge in [-0.1, -0.05) is 18.2 Å². The molecule has 1 aliphatic rings. The minimum Gasteiger partial charge on any atom is -0.477 e. The maximum absolute atomic E-state index is 14.5. The van der Waals surface area contributed by atoms with E-state index in [-0.39, 0.29) is 25.3 Å². The molecule has 0 unspecified atom stereocenters. The Bertz CT molecular complexity index is 906. The normalized spacial score (nSPS) is 25.7. The van der Waals surface area contributed by atoms with Crippen molar-refractivity contribution in [3.05, 3.63) is 35.9 Å². The summed E-state index contributed by atoms with van der Waals surface area (Å²) in [6, 6.07) is 6.82. The number of carboxylic acid groups (broad SMARTS) is 1. The Labute approximate surface area is 199 Å². The topological polar surface area (TPSA) is 174 Å². The van der Waals surface area contributed by atoms with Crippen LogP contribution in [0.5, 0.6) is 0 Å². The van der Waals surface area contributed by atoms with Crippen LogP contribution in [0.1, 0.15) is 36.5 Å². The summed E-state index contributed by atoms with van der Waals surface area (Å²) in [7, 11) is 0. The highest BCUT2D eigenvalue weighted by Gasteiger charge is 2.56. The summed E-state index contributed by atoms with van der Waals surface area (Å²) in [4.78, 5) is 46.5. The van der Waals surface area contributed by atoms with Crippen LogP contribution in [0.4, 0.5) is 8.78 Å². The molecule has 6 atom stereocenters. The predicted octanol–water partition coefficient (Wildman–Crippen LogP) is -0.583. The zero-order valence-corrected chi connectivity index (χ0v) is 18.9. The van der Waals surface area contributed by atoms with Crippen molar-refractivity contribution in [2.24, 2.45) is 0 Å². The Hall–Kier alpha value is -3.16. The van der Waals surface area contributed by atoms with Gasteiger partial charge in [-0.3, -0.25) is 14.4 Å². The minimum absolute atomic E-state index is 0.0362. The van der Waals surface area contributed by atoms with Crippen LogP contribution in [-0.2, 0) is 19.1 Å². The Morgan fingerprint density at radius 1 is 1.17 bits per heavy atom. The number of rotatable bonds is 11. The fraction of sp³-hybridized carbons (Fsp3) is 0.545. The first-order valence-corrected chi connectivity index (χ1v) is 10.9. The van der Waals surface area contributed by atoms with Crippen LogP contribution in [0, 0.1) is 0 Å². The van der Waals surface area contributed by atoms with Crippen LogP contribution in [0.15, 0.2) is 30.3 Å². The lowest BCUT2D eigenvalue weighted by Crippen LogP contribution is -2.65. The van der Waals surface area contributed by atoms with Crippen molar-refractivity contribution in [3.63, 3.8) is 0 Å². The number of aliphatic carboxylic acids is 1. The molecule has 0 saturated carbocycles. The van der Waals surface area contributed by atoms with Gasteiger partial charge < -0.3 is 36.0 Å². The van der Waals surface area contributed by atoms with Gasteiger partial charge >= 0.3 is 11.8 Å². The minimum atomic E-state index is -3.48. The first-order valence-electron chi connectivity index (χ1n) is 10.9. The molecule has 3 amide bonds. The lowest BCUT2D eigenvalue weighted by molar-refractivity contribution is -0.260. The molecule has 0 bridgehead atoms. The van der Waals surface area contributed by atoms with Gasteiger partial charge in [0.15, 0.2) is 0 Å². The van der Waals surface area contributed by atoms with Gasteiger partial charge in [0.25, 0.3) is 5.91 Å². The maximum Gasteiger partial charge on any atom is 0.369 e. The highest BCUT2D eigenvalue weighted by atomic mass is 19.2. The second-order valence-electron chi connectivity index (χ2n) is 8.15. The molecule has 11 nitrogen and oxygen atoms in total. The summed E-state index contributed by atoms with van der Waals surface area (Å²) < 4.78 is 33.8. The molecule has 35 heavy (non-hydrogen) atoms. The van der Waals surface area contributed by atoms with E-state index in [1.165, 1.54) is 0 Å². The van der Waals surface area contributed by atoms with Crippen LogP contribution < -0.4 is 16.0 Å². The Balaban J connectivity index is 1.85. The van der Waals surface area contributed by atoms with E-state index < -0.39 is 67.1 Å². The molecule has 0 radical (unpaired) electrons. The van der Waals surface area contributed by atoms with Crippen LogP contribution in [-0.4, -0.2) is 88.5 Å². The van der Waals surface area contributed by atoms with E-state index in [0.29, 0.717) is 5.56 Å². The molecule has 1 aromatic carbocycles. The number of aliphatic hydroxyl groups is 2. The zero-order chi connectivity index (χ0) is 26.2. The molecule has 1 aliphatic heterocycles. The quantitative estimate of drug-likeness (QED) is 0.218. The number of carbonyl (C=O) groups excluding carboxylic acids is 3. The van der Waals surface area contributed by atoms with E-state index in [9.17, 15) is 38.2 Å². The second kappa shape index (κ2) is 12.5. The van der Waals surface area contributed by atoms with E-state index in [4.69, 9.17) is 9.84 Å². The second-order valence-corrected chi connectivity index (χ2v) is 8.15. The van der Waals surface area contributed by atoms with Crippen LogP contribution in [0.2, 0.25) is 0 Å². The third-order valence-electron chi connectivity index (χ3n) is 5.35. The Morgan fingerprint density at radius 3 is 2.43 bits per heavy atom. The fourth-order valence-electron chi connectivity index (χ4n) is 3.54. The molecular weight excluding hydrogens is 472 g/mol. The SMILES string of the molecule is CC(=O)N[C@H]1[C@H]([C@H](O)[C@H](O)CNC(=O)CCCNC(=O)c2ccccc2)O[C@@](F)(C(=O)O)C[C@@H]1F. The van der Waals surface area contributed by atoms with Crippen LogP contribution in [0.25, 0.3) is 0 Å². The third kappa shape index (κ3) is 7.94. The number of aliphatic hydroxyl groups excluding tert-OH is 2. The molecule has 194 valence electrons. The Morgan fingerprint density at radius 2 is 1.83 bits per heavy atom. The van der Waals surface area contributed by atoms with Crippen molar-refractivity contribution in [1.82, 2.24) is 16.0 Å². The summed E-state index contributed by atoms with van der Waals surface area (Å²) >= 11 is 0. The number of hydrogen-bond acceptors (Lipinski definition) is 7. The molecular formula is C22H29F2N3O8. The smallest absolute Gasteiger partial charge is 0.369 e. The van der Waals surface area contributed by atoms with Gasteiger partial charge in [-0.15, -0.1) is 0 Å². The average Bonchev–Trinajstić information content (AvgIpc) is 2.81. The van der Waals surface area contributed by atoms with Gasteiger partial charge in [0, 0.05) is 32.0 Å². The number of nitrogens with one attached hydrogen (secondary N) is 3. The number of amides is 3. The molecule has 1 fully saturated rings. The van der Waals surface area contributed by atoms with Crippen molar-refractivity contribution in [2.45, 2.75) is 62.6 Å². The van der Waals surface area contributed by atoms with Gasteiger partial charge in [-0.05, 0) is 18.6 Å². The molecule has 6 N–H and O–H groups in total. The molecule has 0 spiro atoms. The molecule has 1 aromatic rings. The van der Waals surface area contributed by atoms with E-state index in [2.05, 4.69) is 16.0 Å².